The van der Waals surface area contributed by atoms with Crippen LogP contribution in [-0.4, -0.2) is 9.79 Å². The minimum atomic E-state index is -2.38. The van der Waals surface area contributed by atoms with Gasteiger partial charge >= 0.3 is 8.60 Å². The molecule has 1 aromatic rings. The highest BCUT2D eigenvalue weighted by atomic mass is 31.2. The second-order valence-electron chi connectivity index (χ2n) is 6.55. The molecule has 3 nitrogen and oxygen atoms in total. The summed E-state index contributed by atoms with van der Waals surface area (Å²) in [4.78, 5) is 18.0. The van der Waals surface area contributed by atoms with Gasteiger partial charge in [0.25, 0.3) is 0 Å². The molecule has 0 atom stereocenters. The third-order valence-corrected chi connectivity index (χ3v) is 3.19. The topological polar surface area (TPSA) is 49.7 Å². The molecule has 2 N–H and O–H groups in total. The maximum atomic E-state index is 9.02. The van der Waals surface area contributed by atoms with Crippen LogP contribution in [0.2, 0.25) is 0 Å². The van der Waals surface area contributed by atoms with Gasteiger partial charge in [-0.3, -0.25) is 0 Å². The van der Waals surface area contributed by atoms with Crippen LogP contribution in [0.5, 0.6) is 5.75 Å². The van der Waals surface area contributed by atoms with E-state index in [1.165, 1.54) is 5.56 Å². The monoisotopic (exact) mass is 270 g/mol. The van der Waals surface area contributed by atoms with Gasteiger partial charge in [0.2, 0.25) is 0 Å². The second-order valence-corrected chi connectivity index (χ2v) is 7.24. The largest absolute Gasteiger partial charge is 0.427 e. The lowest BCUT2D eigenvalue weighted by molar-refractivity contribution is 0.369. The standard InChI is InChI=1S/C14H23O3P/c1-13(2,3)10-7-8-12(17-18(15)16)11(9-10)14(4,5)6/h7-9,15-16H,1-6H3. The Hall–Kier alpha value is -0.630. The number of hydrogen-bond donors (Lipinski definition) is 2. The molecule has 0 saturated heterocycles. The van der Waals surface area contributed by atoms with Crippen LogP contribution < -0.4 is 4.52 Å². The summed E-state index contributed by atoms with van der Waals surface area (Å²) in [6.07, 6.45) is 0. The maximum absolute atomic E-state index is 9.02. The molecule has 18 heavy (non-hydrogen) atoms. The summed E-state index contributed by atoms with van der Waals surface area (Å²) in [5.41, 5.74) is 2.15. The SMILES string of the molecule is CC(C)(C)c1ccc(OP(O)O)c(C(C)(C)C)c1. The van der Waals surface area contributed by atoms with Crippen molar-refractivity contribution in [1.29, 1.82) is 0 Å². The van der Waals surface area contributed by atoms with Gasteiger partial charge in [0.1, 0.15) is 5.75 Å². The van der Waals surface area contributed by atoms with Crippen molar-refractivity contribution in [3.8, 4) is 5.75 Å². The molecule has 1 aromatic carbocycles. The molecule has 0 unspecified atom stereocenters. The van der Waals surface area contributed by atoms with Crippen molar-refractivity contribution < 1.29 is 14.3 Å². The Morgan fingerprint density at radius 2 is 1.50 bits per heavy atom. The van der Waals surface area contributed by atoms with Crippen LogP contribution in [0.1, 0.15) is 52.7 Å². The Morgan fingerprint density at radius 1 is 0.944 bits per heavy atom. The van der Waals surface area contributed by atoms with Crippen molar-refractivity contribution in [2.24, 2.45) is 0 Å². The Kier molecular flexibility index (Phi) is 4.42. The van der Waals surface area contributed by atoms with Gasteiger partial charge in [-0.25, -0.2) is 0 Å². The molecule has 0 heterocycles. The summed E-state index contributed by atoms with van der Waals surface area (Å²) in [5.74, 6) is 0.548. The third kappa shape index (κ3) is 3.94. The predicted molar refractivity (Wildman–Crippen MR) is 75.8 cm³/mol. The molecule has 0 fully saturated rings. The van der Waals surface area contributed by atoms with Gasteiger partial charge in [-0.1, -0.05) is 53.7 Å². The van der Waals surface area contributed by atoms with E-state index >= 15 is 0 Å². The quantitative estimate of drug-likeness (QED) is 0.802. The van der Waals surface area contributed by atoms with E-state index in [1.54, 1.807) is 0 Å². The molecular weight excluding hydrogens is 247 g/mol. The molecule has 0 aliphatic rings. The van der Waals surface area contributed by atoms with E-state index in [0.29, 0.717) is 5.75 Å². The van der Waals surface area contributed by atoms with Gasteiger partial charge in [-0.05, 0) is 22.5 Å². The minimum absolute atomic E-state index is 0.0572. The molecule has 102 valence electrons. The zero-order valence-corrected chi connectivity index (χ0v) is 12.9. The van der Waals surface area contributed by atoms with Gasteiger partial charge in [0.05, 0.1) is 0 Å². The first-order chi connectivity index (χ1) is 8.01. The summed E-state index contributed by atoms with van der Waals surface area (Å²) in [6, 6.07) is 5.89. The van der Waals surface area contributed by atoms with Gasteiger partial charge < -0.3 is 14.3 Å². The average Bonchev–Trinajstić information content (AvgIpc) is 2.13. The van der Waals surface area contributed by atoms with Gasteiger partial charge in [-0.2, -0.15) is 0 Å². The fourth-order valence-electron chi connectivity index (χ4n) is 1.75. The zero-order valence-electron chi connectivity index (χ0n) is 12.0. The van der Waals surface area contributed by atoms with E-state index in [2.05, 4.69) is 47.6 Å². The van der Waals surface area contributed by atoms with Gasteiger partial charge in [-0.15, -0.1) is 0 Å². The van der Waals surface area contributed by atoms with Crippen molar-refractivity contribution in [3.63, 3.8) is 0 Å². The lowest BCUT2D eigenvalue weighted by atomic mass is 9.80. The van der Waals surface area contributed by atoms with Gasteiger partial charge in [0, 0.05) is 5.56 Å². The van der Waals surface area contributed by atoms with Crippen LogP contribution in [-0.2, 0) is 10.8 Å². The highest BCUT2D eigenvalue weighted by Crippen LogP contribution is 2.39. The van der Waals surface area contributed by atoms with Crippen molar-refractivity contribution in [1.82, 2.24) is 0 Å². The fourth-order valence-corrected chi connectivity index (χ4v) is 2.09. The first-order valence-electron chi connectivity index (χ1n) is 6.02. The third-order valence-electron chi connectivity index (χ3n) is 2.83. The lowest BCUT2D eigenvalue weighted by Gasteiger charge is -2.27. The molecule has 0 amide bonds. The summed E-state index contributed by atoms with van der Waals surface area (Å²) in [6.45, 7) is 12.7. The van der Waals surface area contributed by atoms with Crippen LogP contribution in [0, 0.1) is 0 Å². The molecule has 0 bridgehead atoms. The van der Waals surface area contributed by atoms with E-state index in [4.69, 9.17) is 14.3 Å². The average molecular weight is 270 g/mol. The Labute approximate surface area is 111 Å². The van der Waals surface area contributed by atoms with Crippen LogP contribution >= 0.6 is 8.60 Å². The number of rotatable bonds is 2. The van der Waals surface area contributed by atoms with Crippen molar-refractivity contribution in [3.05, 3.63) is 29.3 Å². The molecule has 0 aliphatic carbocycles. The van der Waals surface area contributed by atoms with Crippen molar-refractivity contribution in [2.75, 3.05) is 0 Å². The minimum Gasteiger partial charge on any atom is -0.427 e. The predicted octanol–water partition coefficient (Wildman–Crippen LogP) is 3.87. The Bertz CT molecular complexity index is 414. The highest BCUT2D eigenvalue weighted by molar-refractivity contribution is 7.39. The van der Waals surface area contributed by atoms with E-state index in [-0.39, 0.29) is 10.8 Å². The zero-order chi connectivity index (χ0) is 14.1. The second kappa shape index (κ2) is 5.16. The Morgan fingerprint density at radius 3 is 1.89 bits per heavy atom. The summed E-state index contributed by atoms with van der Waals surface area (Å²) >= 11 is 0. The molecule has 0 aliphatic heterocycles. The highest BCUT2D eigenvalue weighted by Gasteiger charge is 2.24. The lowest BCUT2D eigenvalue weighted by Crippen LogP contribution is -2.17. The normalized spacial score (nSPS) is 12.9. The molecule has 0 saturated carbocycles. The van der Waals surface area contributed by atoms with E-state index in [0.717, 1.165) is 5.56 Å². The summed E-state index contributed by atoms with van der Waals surface area (Å²) in [5, 5.41) is 0. The first kappa shape index (κ1) is 15.4. The van der Waals surface area contributed by atoms with Crippen LogP contribution in [0.15, 0.2) is 18.2 Å². The van der Waals surface area contributed by atoms with Crippen molar-refractivity contribution in [2.45, 2.75) is 52.4 Å². The van der Waals surface area contributed by atoms with Crippen molar-refractivity contribution >= 4 is 8.60 Å². The molecule has 4 heteroatoms. The summed E-state index contributed by atoms with van der Waals surface area (Å²) in [7, 11) is -2.38. The van der Waals surface area contributed by atoms with Crippen LogP contribution in [0.25, 0.3) is 0 Å². The molecular formula is C14H23O3P. The maximum Gasteiger partial charge on any atom is 0.391 e. The molecule has 0 radical (unpaired) electrons. The smallest absolute Gasteiger partial charge is 0.391 e. The number of hydrogen-bond acceptors (Lipinski definition) is 3. The van der Waals surface area contributed by atoms with E-state index < -0.39 is 8.60 Å². The molecule has 0 spiro atoms. The summed E-state index contributed by atoms with van der Waals surface area (Å²) < 4.78 is 5.12. The van der Waals surface area contributed by atoms with Gasteiger partial charge in [0.15, 0.2) is 0 Å². The van der Waals surface area contributed by atoms with Crippen LogP contribution in [0.4, 0.5) is 0 Å². The van der Waals surface area contributed by atoms with E-state index in [9.17, 15) is 0 Å². The molecule has 0 aromatic heterocycles. The number of benzene rings is 1. The molecule has 1 rings (SSSR count). The van der Waals surface area contributed by atoms with Crippen LogP contribution in [0.3, 0.4) is 0 Å². The van der Waals surface area contributed by atoms with E-state index in [1.807, 2.05) is 12.1 Å². The fraction of sp³-hybridized carbons (Fsp3) is 0.571. The first-order valence-corrected chi connectivity index (χ1v) is 7.19. The Balaban J connectivity index is 3.30.